The molecule has 2 aromatic rings. The summed E-state index contributed by atoms with van der Waals surface area (Å²) in [6.45, 7) is 5.20. The highest BCUT2D eigenvalue weighted by Gasteiger charge is 2.15. The first-order chi connectivity index (χ1) is 15.9. The fourth-order valence-corrected chi connectivity index (χ4v) is 4.29. The van der Waals surface area contributed by atoms with Gasteiger partial charge >= 0.3 is 0 Å². The van der Waals surface area contributed by atoms with Gasteiger partial charge in [-0.1, -0.05) is 56.2 Å². The van der Waals surface area contributed by atoms with Crippen LogP contribution in [-0.2, 0) is 9.53 Å². The van der Waals surface area contributed by atoms with Crippen molar-refractivity contribution in [3.63, 3.8) is 0 Å². The second-order valence-electron chi connectivity index (χ2n) is 8.47. The van der Waals surface area contributed by atoms with Crippen LogP contribution in [0.25, 0.3) is 17.4 Å². The lowest BCUT2D eigenvalue weighted by molar-refractivity contribution is -0.134. The lowest BCUT2D eigenvalue weighted by atomic mass is 9.84. The molecule has 0 unspecified atom stereocenters. The number of carboxylic acid groups (broad SMARTS) is 1. The number of hydrogen-bond acceptors (Lipinski definition) is 4. The normalized spacial score (nSPS) is 15.8. The maximum Gasteiger partial charge on any atom is 0.300 e. The molecule has 6 heteroatoms. The zero-order valence-electron chi connectivity index (χ0n) is 19.5. The van der Waals surface area contributed by atoms with E-state index in [1.54, 1.807) is 13.2 Å². The quantitative estimate of drug-likeness (QED) is 0.448. The largest absolute Gasteiger partial charge is 0.499 e. The summed E-state index contributed by atoms with van der Waals surface area (Å²) >= 11 is 0. The lowest BCUT2D eigenvalue weighted by Crippen LogP contribution is -2.30. The van der Waals surface area contributed by atoms with Crippen LogP contribution in [0.5, 0.6) is 0 Å². The van der Waals surface area contributed by atoms with Crippen molar-refractivity contribution in [1.82, 2.24) is 9.97 Å². The van der Waals surface area contributed by atoms with Crippen molar-refractivity contribution in [2.75, 3.05) is 7.11 Å². The van der Waals surface area contributed by atoms with Crippen molar-refractivity contribution in [3.05, 3.63) is 70.6 Å². The zero-order valence-corrected chi connectivity index (χ0v) is 19.5. The van der Waals surface area contributed by atoms with E-state index in [1.807, 2.05) is 6.08 Å². The third-order valence-corrected chi connectivity index (χ3v) is 6.02. The molecule has 0 amide bonds. The average molecular weight is 448 g/mol. The van der Waals surface area contributed by atoms with E-state index in [-0.39, 0.29) is 0 Å². The summed E-state index contributed by atoms with van der Waals surface area (Å²) in [5.74, 6) is 1.49. The Bertz CT molecular complexity index is 1150. The highest BCUT2D eigenvalue weighted by molar-refractivity contribution is 6.07. The number of imidazole rings is 1. The van der Waals surface area contributed by atoms with E-state index in [1.165, 1.54) is 37.7 Å². The summed E-state index contributed by atoms with van der Waals surface area (Å²) in [6.07, 6.45) is 14.2. The van der Waals surface area contributed by atoms with Crippen LogP contribution in [-0.4, -0.2) is 33.9 Å². The number of hydrogen-bond donors (Lipinski definition) is 3. The Morgan fingerprint density at radius 2 is 1.88 bits per heavy atom. The number of ether oxygens (including phenoxy) is 1. The Hall–Kier alpha value is -3.41. The van der Waals surface area contributed by atoms with Gasteiger partial charge in [-0.2, -0.15) is 0 Å². The molecule has 3 N–H and O–H groups in total. The van der Waals surface area contributed by atoms with E-state index in [0.717, 1.165) is 53.2 Å². The first-order valence-electron chi connectivity index (χ1n) is 11.5. The molecular formula is C27H33N3O3. The van der Waals surface area contributed by atoms with Gasteiger partial charge in [-0.3, -0.25) is 4.79 Å². The Labute approximate surface area is 194 Å². The number of nitrogens with zero attached hydrogens (tertiary/aromatic N) is 1. The topological polar surface area (TPSA) is 99.1 Å². The fourth-order valence-electron chi connectivity index (χ4n) is 4.29. The molecule has 2 aliphatic rings. The maximum absolute atomic E-state index is 9.00. The van der Waals surface area contributed by atoms with Gasteiger partial charge in [0.2, 0.25) is 0 Å². The number of carboxylic acids is 1. The number of nitrogens with one attached hydrogen (secondary N) is 2. The Morgan fingerprint density at radius 1 is 1.21 bits per heavy atom. The van der Waals surface area contributed by atoms with E-state index in [2.05, 4.69) is 46.9 Å². The number of aromatic nitrogens is 2. The van der Waals surface area contributed by atoms with Crippen molar-refractivity contribution >= 4 is 29.1 Å². The molecule has 2 aliphatic carbocycles. The molecule has 0 atom stereocenters. The molecule has 1 aromatic carbocycles. The summed E-state index contributed by atoms with van der Waals surface area (Å²) in [5, 5.41) is 17.7. The highest BCUT2D eigenvalue weighted by Crippen LogP contribution is 2.32. The third-order valence-electron chi connectivity index (χ3n) is 6.02. The lowest BCUT2D eigenvalue weighted by Gasteiger charge is -2.22. The van der Waals surface area contributed by atoms with Gasteiger partial charge in [0, 0.05) is 18.9 Å². The minimum atomic E-state index is -0.833. The number of aliphatic carboxylic acids is 1. The molecule has 1 fully saturated rings. The number of rotatable bonds is 6. The van der Waals surface area contributed by atoms with Crippen LogP contribution in [0.15, 0.2) is 43.0 Å². The van der Waals surface area contributed by atoms with Crippen molar-refractivity contribution in [2.24, 2.45) is 0 Å². The van der Waals surface area contributed by atoms with Gasteiger partial charge < -0.3 is 20.2 Å². The first kappa shape index (κ1) is 24.2. The van der Waals surface area contributed by atoms with Crippen LogP contribution in [0.1, 0.15) is 74.7 Å². The summed E-state index contributed by atoms with van der Waals surface area (Å²) in [7, 11) is 1.69. The number of benzene rings is 1. The molecule has 1 heterocycles. The molecule has 6 nitrogen and oxygen atoms in total. The van der Waals surface area contributed by atoms with Crippen molar-refractivity contribution in [3.8, 4) is 0 Å². The van der Waals surface area contributed by atoms with Crippen molar-refractivity contribution in [1.29, 1.82) is 5.41 Å². The molecule has 1 aromatic heterocycles. The molecule has 1 saturated carbocycles. The third kappa shape index (κ3) is 6.54. The molecule has 174 valence electrons. The summed E-state index contributed by atoms with van der Waals surface area (Å²) < 4.78 is 5.45. The molecule has 0 saturated heterocycles. The van der Waals surface area contributed by atoms with Gasteiger partial charge in [-0.25, -0.2) is 4.98 Å². The van der Waals surface area contributed by atoms with Gasteiger partial charge in [0.05, 0.1) is 18.2 Å². The number of methoxy groups -OCH3 is 1. The maximum atomic E-state index is 9.00. The van der Waals surface area contributed by atoms with Crippen LogP contribution in [0, 0.1) is 5.41 Å². The van der Waals surface area contributed by atoms with E-state index < -0.39 is 5.97 Å². The number of aromatic amines is 1. The van der Waals surface area contributed by atoms with Crippen molar-refractivity contribution < 1.29 is 14.6 Å². The van der Waals surface area contributed by atoms with Crippen LogP contribution in [0.2, 0.25) is 0 Å². The molecule has 4 rings (SSSR count). The van der Waals surface area contributed by atoms with Gasteiger partial charge in [-0.05, 0) is 48.5 Å². The number of H-pyrrole nitrogens is 1. The molecule has 0 spiro atoms. The summed E-state index contributed by atoms with van der Waals surface area (Å²) in [6, 6.07) is 8.53. The van der Waals surface area contributed by atoms with Crippen molar-refractivity contribution in [2.45, 2.75) is 57.8 Å². The molecule has 0 radical (unpaired) electrons. The van der Waals surface area contributed by atoms with Gasteiger partial charge in [0.1, 0.15) is 16.9 Å². The predicted octanol–water partition coefficient (Wildman–Crippen LogP) is 4.51. The SMILES string of the molecule is C=C(/C=C\C(=N)c1ccc(C2CCCCC2)cc1)c1nc2c([nH]1)=CCCC=2OC.CC(=O)O. The Morgan fingerprint density at radius 3 is 2.52 bits per heavy atom. The van der Waals surface area contributed by atoms with E-state index in [9.17, 15) is 0 Å². The van der Waals surface area contributed by atoms with E-state index >= 15 is 0 Å². The average Bonchev–Trinajstić information content (AvgIpc) is 3.27. The van der Waals surface area contributed by atoms with Gasteiger partial charge in [0.15, 0.2) is 0 Å². The second kappa shape index (κ2) is 11.5. The predicted molar refractivity (Wildman–Crippen MR) is 133 cm³/mol. The second-order valence-corrected chi connectivity index (χ2v) is 8.47. The fraction of sp³-hybridized carbons (Fsp3) is 0.370. The summed E-state index contributed by atoms with van der Waals surface area (Å²) in [4.78, 5) is 17.0. The number of fused-ring (bicyclic) bond motifs is 1. The molecule has 33 heavy (non-hydrogen) atoms. The van der Waals surface area contributed by atoms with E-state index in [0.29, 0.717) is 11.6 Å². The number of allylic oxidation sites excluding steroid dienone is 3. The van der Waals surface area contributed by atoms with Crippen LogP contribution < -0.4 is 10.7 Å². The molecular weight excluding hydrogens is 414 g/mol. The van der Waals surface area contributed by atoms with Gasteiger partial charge in [-0.15, -0.1) is 0 Å². The van der Waals surface area contributed by atoms with Crippen LogP contribution >= 0.6 is 0 Å². The van der Waals surface area contributed by atoms with E-state index in [4.69, 9.17) is 20.0 Å². The van der Waals surface area contributed by atoms with Gasteiger partial charge in [0.25, 0.3) is 5.97 Å². The molecule has 0 aliphatic heterocycles. The Kier molecular flexibility index (Phi) is 8.41. The highest BCUT2D eigenvalue weighted by atomic mass is 16.5. The van der Waals surface area contributed by atoms with Crippen LogP contribution in [0.4, 0.5) is 0 Å². The first-order valence-corrected chi connectivity index (χ1v) is 11.5. The molecule has 0 bridgehead atoms. The Balaban J connectivity index is 0.000000709. The standard InChI is InChI=1S/C25H29N3O.C2H4O2/c1-17(25-27-22-9-6-10-23(29-2)24(22)28-25)11-16-21(26)20-14-12-19(13-15-20)18-7-4-3-5-8-18;1-2(3)4/h9,11-16,18,26H,1,3-8,10H2,2H3,(H,27,28);1H3,(H,3,4)/b16-11-,26-21?;. The van der Waals surface area contributed by atoms with Crippen LogP contribution in [0.3, 0.4) is 0 Å². The zero-order chi connectivity index (χ0) is 23.8. The number of carbonyl (C=O) groups is 1. The minimum absolute atomic E-state index is 0.480. The monoisotopic (exact) mass is 447 g/mol. The summed E-state index contributed by atoms with van der Waals surface area (Å²) in [5.41, 5.74) is 3.58. The smallest absolute Gasteiger partial charge is 0.300 e. The minimum Gasteiger partial charge on any atom is -0.499 e.